The van der Waals surface area contributed by atoms with Crippen LogP contribution in [0.4, 0.5) is 0 Å². The van der Waals surface area contributed by atoms with Crippen molar-refractivity contribution in [1.29, 1.82) is 0 Å². The van der Waals surface area contributed by atoms with Gasteiger partial charge in [-0.15, -0.1) is 0 Å². The monoisotopic (exact) mass is 325 g/mol. The standard InChI is InChI=1S/C19H23N3O2/c1-12(2)15(11-23)10-22-7-6-20-18(22)16-9-14-8-13(3)4-5-17(14)21-19(16)24/h4-9,12,15,23H,10-11H2,1-3H3,(H,21,24). The molecule has 1 unspecified atom stereocenters. The Balaban J connectivity index is 2.07. The molecule has 0 saturated carbocycles. The Morgan fingerprint density at radius 1 is 1.29 bits per heavy atom. The molecule has 0 saturated heterocycles. The number of aliphatic hydroxyl groups is 1. The number of aryl methyl sites for hydroxylation is 1. The summed E-state index contributed by atoms with van der Waals surface area (Å²) in [4.78, 5) is 19.8. The summed E-state index contributed by atoms with van der Waals surface area (Å²) in [6, 6.07) is 7.84. The molecule has 0 amide bonds. The second kappa shape index (κ2) is 6.61. The summed E-state index contributed by atoms with van der Waals surface area (Å²) in [5.74, 6) is 1.11. The Kier molecular flexibility index (Phi) is 4.53. The Labute approximate surface area is 141 Å². The Morgan fingerprint density at radius 3 is 2.79 bits per heavy atom. The van der Waals surface area contributed by atoms with E-state index in [-0.39, 0.29) is 18.1 Å². The smallest absolute Gasteiger partial charge is 0.259 e. The van der Waals surface area contributed by atoms with Crippen molar-refractivity contribution in [3.05, 3.63) is 52.6 Å². The number of pyridine rings is 1. The molecular formula is C19H23N3O2. The number of benzene rings is 1. The van der Waals surface area contributed by atoms with Gasteiger partial charge in [-0.25, -0.2) is 4.98 Å². The lowest BCUT2D eigenvalue weighted by Crippen LogP contribution is -2.21. The summed E-state index contributed by atoms with van der Waals surface area (Å²) in [6.45, 7) is 6.95. The third-order valence-electron chi connectivity index (χ3n) is 4.56. The van der Waals surface area contributed by atoms with E-state index >= 15 is 0 Å². The minimum Gasteiger partial charge on any atom is -0.396 e. The van der Waals surface area contributed by atoms with E-state index in [1.807, 2.05) is 42.0 Å². The van der Waals surface area contributed by atoms with Gasteiger partial charge in [0.2, 0.25) is 0 Å². The van der Waals surface area contributed by atoms with E-state index in [1.165, 1.54) is 0 Å². The van der Waals surface area contributed by atoms with Crippen LogP contribution in [0, 0.1) is 18.8 Å². The van der Waals surface area contributed by atoms with Crippen LogP contribution in [0.25, 0.3) is 22.3 Å². The van der Waals surface area contributed by atoms with Crippen LogP contribution in [-0.2, 0) is 6.54 Å². The van der Waals surface area contributed by atoms with Crippen LogP contribution in [-0.4, -0.2) is 26.2 Å². The van der Waals surface area contributed by atoms with Gasteiger partial charge in [0.05, 0.1) is 5.56 Å². The Bertz CT molecular complexity index is 908. The topological polar surface area (TPSA) is 70.9 Å². The van der Waals surface area contributed by atoms with Crippen molar-refractivity contribution in [2.75, 3.05) is 6.61 Å². The molecule has 0 fully saturated rings. The van der Waals surface area contributed by atoms with Crippen LogP contribution >= 0.6 is 0 Å². The second-order valence-corrected chi connectivity index (χ2v) is 6.69. The SMILES string of the molecule is Cc1ccc2[nH]c(=O)c(-c3nccn3CC(CO)C(C)C)cc2c1. The van der Waals surface area contributed by atoms with E-state index in [0.29, 0.717) is 23.9 Å². The first-order chi connectivity index (χ1) is 11.5. The van der Waals surface area contributed by atoms with Crippen LogP contribution < -0.4 is 5.56 Å². The van der Waals surface area contributed by atoms with Crippen LogP contribution in [0.1, 0.15) is 19.4 Å². The number of hydrogen-bond acceptors (Lipinski definition) is 3. The van der Waals surface area contributed by atoms with Crippen molar-refractivity contribution < 1.29 is 5.11 Å². The molecule has 24 heavy (non-hydrogen) atoms. The fourth-order valence-corrected chi connectivity index (χ4v) is 2.92. The second-order valence-electron chi connectivity index (χ2n) is 6.69. The quantitative estimate of drug-likeness (QED) is 0.757. The van der Waals surface area contributed by atoms with Gasteiger partial charge < -0.3 is 14.7 Å². The number of aromatic amines is 1. The molecule has 126 valence electrons. The van der Waals surface area contributed by atoms with Crippen molar-refractivity contribution in [2.45, 2.75) is 27.3 Å². The molecule has 0 aliphatic carbocycles. The zero-order valence-corrected chi connectivity index (χ0v) is 14.3. The largest absolute Gasteiger partial charge is 0.396 e. The van der Waals surface area contributed by atoms with Gasteiger partial charge in [0, 0.05) is 37.0 Å². The van der Waals surface area contributed by atoms with Gasteiger partial charge >= 0.3 is 0 Å². The summed E-state index contributed by atoms with van der Waals surface area (Å²) < 4.78 is 1.95. The molecule has 5 heteroatoms. The van der Waals surface area contributed by atoms with E-state index in [1.54, 1.807) is 6.20 Å². The normalized spacial score (nSPS) is 12.9. The van der Waals surface area contributed by atoms with E-state index in [0.717, 1.165) is 16.5 Å². The maximum atomic E-state index is 12.5. The third-order valence-corrected chi connectivity index (χ3v) is 4.56. The van der Waals surface area contributed by atoms with E-state index in [2.05, 4.69) is 23.8 Å². The summed E-state index contributed by atoms with van der Waals surface area (Å²) in [6.07, 6.45) is 3.56. The third kappa shape index (κ3) is 3.12. The molecule has 0 aliphatic heterocycles. The zero-order valence-electron chi connectivity index (χ0n) is 14.3. The van der Waals surface area contributed by atoms with Crippen molar-refractivity contribution in [1.82, 2.24) is 14.5 Å². The van der Waals surface area contributed by atoms with Gasteiger partial charge in [-0.1, -0.05) is 25.5 Å². The minimum atomic E-state index is -0.149. The predicted octanol–water partition coefficient (Wildman–Crippen LogP) is 2.96. The van der Waals surface area contributed by atoms with Gasteiger partial charge in [-0.3, -0.25) is 4.79 Å². The first kappa shape index (κ1) is 16.5. The lowest BCUT2D eigenvalue weighted by atomic mass is 9.96. The molecule has 0 spiro atoms. The van der Waals surface area contributed by atoms with Gasteiger partial charge in [-0.05, 0) is 36.4 Å². The lowest BCUT2D eigenvalue weighted by Gasteiger charge is -2.20. The number of aliphatic hydroxyl groups excluding tert-OH is 1. The van der Waals surface area contributed by atoms with Gasteiger partial charge in [0.1, 0.15) is 5.82 Å². The zero-order chi connectivity index (χ0) is 17.3. The van der Waals surface area contributed by atoms with Crippen LogP contribution in [0.3, 0.4) is 0 Å². The number of H-pyrrole nitrogens is 1. The van der Waals surface area contributed by atoms with Crippen molar-refractivity contribution >= 4 is 10.9 Å². The first-order valence-corrected chi connectivity index (χ1v) is 8.25. The number of fused-ring (bicyclic) bond motifs is 1. The highest BCUT2D eigenvalue weighted by molar-refractivity contribution is 5.83. The molecule has 3 rings (SSSR count). The van der Waals surface area contributed by atoms with Gasteiger partial charge in [-0.2, -0.15) is 0 Å². The number of nitrogens with zero attached hydrogens (tertiary/aromatic N) is 2. The molecule has 0 aliphatic rings. The maximum absolute atomic E-state index is 12.5. The number of rotatable bonds is 5. The summed E-state index contributed by atoms with van der Waals surface area (Å²) in [7, 11) is 0. The van der Waals surface area contributed by atoms with Crippen molar-refractivity contribution in [3.63, 3.8) is 0 Å². The maximum Gasteiger partial charge on any atom is 0.259 e. The van der Waals surface area contributed by atoms with Gasteiger partial charge in [0.15, 0.2) is 0 Å². The molecule has 1 atom stereocenters. The Hall–Kier alpha value is -2.40. The highest BCUT2D eigenvalue weighted by Gasteiger charge is 2.17. The summed E-state index contributed by atoms with van der Waals surface area (Å²) >= 11 is 0. The van der Waals surface area contributed by atoms with E-state index in [9.17, 15) is 9.90 Å². The number of aromatic nitrogens is 3. The fraction of sp³-hybridized carbons (Fsp3) is 0.368. The van der Waals surface area contributed by atoms with E-state index < -0.39 is 0 Å². The summed E-state index contributed by atoms with van der Waals surface area (Å²) in [5.41, 5.74) is 2.37. The molecule has 2 heterocycles. The molecule has 0 radical (unpaired) electrons. The predicted molar refractivity (Wildman–Crippen MR) is 95.9 cm³/mol. The van der Waals surface area contributed by atoms with Crippen LogP contribution in [0.15, 0.2) is 41.5 Å². The number of imidazole rings is 1. The summed E-state index contributed by atoms with van der Waals surface area (Å²) in [5, 5.41) is 10.6. The van der Waals surface area contributed by atoms with Crippen LogP contribution in [0.5, 0.6) is 0 Å². The number of hydrogen-bond donors (Lipinski definition) is 2. The Morgan fingerprint density at radius 2 is 2.08 bits per heavy atom. The average Bonchev–Trinajstić information content (AvgIpc) is 3.00. The van der Waals surface area contributed by atoms with Crippen molar-refractivity contribution in [3.8, 4) is 11.4 Å². The highest BCUT2D eigenvalue weighted by Crippen LogP contribution is 2.21. The number of nitrogens with one attached hydrogen (secondary N) is 1. The molecule has 0 bridgehead atoms. The van der Waals surface area contributed by atoms with Crippen molar-refractivity contribution in [2.24, 2.45) is 11.8 Å². The van der Waals surface area contributed by atoms with Gasteiger partial charge in [0.25, 0.3) is 5.56 Å². The average molecular weight is 325 g/mol. The molecule has 5 nitrogen and oxygen atoms in total. The lowest BCUT2D eigenvalue weighted by molar-refractivity contribution is 0.173. The minimum absolute atomic E-state index is 0.114. The molecule has 2 N–H and O–H groups in total. The molecular weight excluding hydrogens is 302 g/mol. The van der Waals surface area contributed by atoms with Crippen LogP contribution in [0.2, 0.25) is 0 Å². The fourth-order valence-electron chi connectivity index (χ4n) is 2.92. The first-order valence-electron chi connectivity index (χ1n) is 8.25. The molecule has 3 aromatic rings. The molecule has 2 aromatic heterocycles. The van der Waals surface area contributed by atoms with E-state index in [4.69, 9.17) is 0 Å². The molecule has 1 aromatic carbocycles. The highest BCUT2D eigenvalue weighted by atomic mass is 16.3.